The minimum absolute atomic E-state index is 0.144. The van der Waals surface area contributed by atoms with Crippen LogP contribution in [0.4, 0.5) is 0 Å². The third-order valence-electron chi connectivity index (χ3n) is 8.31. The van der Waals surface area contributed by atoms with Crippen LogP contribution in [0.15, 0.2) is 34.4 Å². The van der Waals surface area contributed by atoms with Crippen molar-refractivity contribution in [3.63, 3.8) is 0 Å². The number of hydrogen-bond acceptors (Lipinski definition) is 4. The van der Waals surface area contributed by atoms with Crippen molar-refractivity contribution in [2.24, 2.45) is 23.0 Å². The Hall–Kier alpha value is -1.57. The molecule has 3 atom stereocenters. The maximum Gasteiger partial charge on any atom is 0.242 e. The summed E-state index contributed by atoms with van der Waals surface area (Å²) in [6, 6.07) is 5.11. The van der Waals surface area contributed by atoms with Gasteiger partial charge in [0.05, 0.1) is 16.0 Å². The molecule has 5 aliphatic carbocycles. The van der Waals surface area contributed by atoms with Crippen LogP contribution in [0.1, 0.15) is 63.4 Å². The molecule has 0 spiro atoms. The third-order valence-corrected chi connectivity index (χ3v) is 10.5. The fourth-order valence-electron chi connectivity index (χ4n) is 6.88. The van der Waals surface area contributed by atoms with Gasteiger partial charge in [-0.05, 0) is 80.9 Å². The van der Waals surface area contributed by atoms with Crippen LogP contribution in [0.3, 0.4) is 0 Å². The van der Waals surface area contributed by atoms with E-state index in [1.807, 2.05) is 13.0 Å². The molecule has 4 bridgehead atoms. The zero-order valence-electron chi connectivity index (χ0n) is 18.5. The lowest BCUT2D eigenvalue weighted by atomic mass is 9.52. The molecule has 6 nitrogen and oxygen atoms in total. The Kier molecular flexibility index (Phi) is 5.38. The summed E-state index contributed by atoms with van der Waals surface area (Å²) >= 11 is 6.35. The summed E-state index contributed by atoms with van der Waals surface area (Å²) in [5.74, 6) is 0.733. The fourth-order valence-corrected chi connectivity index (χ4v) is 8.92. The molecule has 6 rings (SSSR count). The average molecular weight is 478 g/mol. The normalized spacial score (nSPS) is 30.7. The number of rotatable bonds is 7. The SMILES string of the molecule is Cc1cccc(S(=O)(=O)NC2(CNC3=C4CC5CC3CC(C(N)=O)(C4)C5)CCCC2)c1Cl. The molecule has 1 amide bonds. The van der Waals surface area contributed by atoms with E-state index < -0.39 is 15.6 Å². The summed E-state index contributed by atoms with van der Waals surface area (Å²) in [5.41, 5.74) is 8.25. The number of carbonyl (C=O) groups is 1. The molecule has 1 aromatic carbocycles. The van der Waals surface area contributed by atoms with E-state index in [0.29, 0.717) is 18.4 Å². The van der Waals surface area contributed by atoms with Crippen molar-refractivity contribution >= 4 is 27.5 Å². The zero-order chi connectivity index (χ0) is 22.7. The van der Waals surface area contributed by atoms with Gasteiger partial charge in [-0.2, -0.15) is 0 Å². The molecular formula is C24H32ClN3O3S. The number of carbonyl (C=O) groups excluding carboxylic acids is 1. The van der Waals surface area contributed by atoms with Gasteiger partial charge in [0, 0.05) is 12.2 Å². The Morgan fingerprint density at radius 1 is 1.25 bits per heavy atom. The monoisotopic (exact) mass is 477 g/mol. The Morgan fingerprint density at radius 3 is 2.69 bits per heavy atom. The van der Waals surface area contributed by atoms with Crippen molar-refractivity contribution in [2.45, 2.75) is 75.1 Å². The van der Waals surface area contributed by atoms with E-state index in [9.17, 15) is 13.2 Å². The van der Waals surface area contributed by atoms with Crippen molar-refractivity contribution in [2.75, 3.05) is 6.54 Å². The Labute approximate surface area is 195 Å². The molecule has 5 aliphatic rings. The second-order valence-electron chi connectivity index (χ2n) is 10.6. The van der Waals surface area contributed by atoms with Crippen LogP contribution < -0.4 is 15.8 Å². The lowest BCUT2D eigenvalue weighted by Crippen LogP contribution is -2.55. The molecule has 0 heterocycles. The molecule has 3 saturated carbocycles. The number of hydrogen-bond donors (Lipinski definition) is 3. The number of aryl methyl sites for hydroxylation is 1. The second kappa shape index (κ2) is 7.74. The molecule has 174 valence electrons. The lowest BCUT2D eigenvalue weighted by molar-refractivity contribution is -0.133. The summed E-state index contributed by atoms with van der Waals surface area (Å²) in [4.78, 5) is 12.4. The molecule has 3 unspecified atom stereocenters. The molecule has 32 heavy (non-hydrogen) atoms. The van der Waals surface area contributed by atoms with Gasteiger partial charge in [0.2, 0.25) is 15.9 Å². The van der Waals surface area contributed by atoms with Crippen LogP contribution in [-0.4, -0.2) is 26.4 Å². The number of nitrogens with one attached hydrogen (secondary N) is 2. The highest BCUT2D eigenvalue weighted by molar-refractivity contribution is 7.89. The minimum Gasteiger partial charge on any atom is -0.386 e. The van der Waals surface area contributed by atoms with Gasteiger partial charge in [0.25, 0.3) is 0 Å². The minimum atomic E-state index is -3.75. The van der Waals surface area contributed by atoms with E-state index in [1.54, 1.807) is 12.1 Å². The average Bonchev–Trinajstić information content (AvgIpc) is 3.16. The zero-order valence-corrected chi connectivity index (χ0v) is 20.1. The molecule has 0 aromatic heterocycles. The van der Waals surface area contributed by atoms with Crippen LogP contribution in [0.5, 0.6) is 0 Å². The first-order valence-electron chi connectivity index (χ1n) is 11.7. The van der Waals surface area contributed by atoms with Gasteiger partial charge in [-0.25, -0.2) is 13.1 Å². The van der Waals surface area contributed by atoms with Gasteiger partial charge in [-0.15, -0.1) is 0 Å². The van der Waals surface area contributed by atoms with Gasteiger partial charge >= 0.3 is 0 Å². The van der Waals surface area contributed by atoms with Crippen LogP contribution >= 0.6 is 11.6 Å². The second-order valence-corrected chi connectivity index (χ2v) is 12.6. The molecule has 4 N–H and O–H groups in total. The van der Waals surface area contributed by atoms with Crippen molar-refractivity contribution < 1.29 is 13.2 Å². The predicted octanol–water partition coefficient (Wildman–Crippen LogP) is 3.78. The fraction of sp³-hybridized carbons (Fsp3) is 0.625. The largest absolute Gasteiger partial charge is 0.386 e. The first-order chi connectivity index (χ1) is 15.1. The highest BCUT2D eigenvalue weighted by Gasteiger charge is 2.53. The molecule has 3 fully saturated rings. The maximum atomic E-state index is 13.3. The molecular weight excluding hydrogens is 446 g/mol. The molecule has 8 heteroatoms. The summed E-state index contributed by atoms with van der Waals surface area (Å²) < 4.78 is 29.6. The van der Waals surface area contributed by atoms with Crippen LogP contribution in [0.2, 0.25) is 5.02 Å². The summed E-state index contributed by atoms with van der Waals surface area (Å²) in [5, 5.41) is 3.95. The van der Waals surface area contributed by atoms with Crippen LogP contribution in [-0.2, 0) is 14.8 Å². The molecule has 0 radical (unpaired) electrons. The van der Waals surface area contributed by atoms with Crippen LogP contribution in [0, 0.1) is 24.2 Å². The standard InChI is InChI=1S/C24H32ClN3O3S/c1-15-5-4-6-19(20(15)25)32(30,31)28-24(7-2-3-8-24)14-27-21-17-9-16-10-18(21)13-23(11-16,12-17)22(26)29/h4-6,16-17,27-28H,2-3,7-14H2,1H3,(H2,26,29). The Bertz CT molecular complexity index is 1090. The van der Waals surface area contributed by atoms with Gasteiger partial charge in [-0.1, -0.05) is 36.6 Å². The number of nitrogens with two attached hydrogens (primary N) is 1. The maximum absolute atomic E-state index is 13.3. The van der Waals surface area contributed by atoms with Gasteiger partial charge in [0.1, 0.15) is 4.90 Å². The Balaban J connectivity index is 1.38. The van der Waals surface area contributed by atoms with E-state index >= 15 is 0 Å². The first-order valence-corrected chi connectivity index (χ1v) is 13.5. The Morgan fingerprint density at radius 2 is 2.00 bits per heavy atom. The summed E-state index contributed by atoms with van der Waals surface area (Å²) in [6.45, 7) is 2.37. The number of primary amides is 1. The quantitative estimate of drug-likeness (QED) is 0.556. The van der Waals surface area contributed by atoms with E-state index in [4.69, 9.17) is 17.3 Å². The predicted molar refractivity (Wildman–Crippen MR) is 124 cm³/mol. The number of amides is 1. The van der Waals surface area contributed by atoms with E-state index in [2.05, 4.69) is 10.0 Å². The number of allylic oxidation sites excluding steroid dienone is 2. The van der Waals surface area contributed by atoms with E-state index in [-0.39, 0.29) is 21.2 Å². The number of sulfonamides is 1. The smallest absolute Gasteiger partial charge is 0.242 e. The third kappa shape index (κ3) is 3.66. The highest BCUT2D eigenvalue weighted by atomic mass is 35.5. The van der Waals surface area contributed by atoms with Crippen molar-refractivity contribution in [1.82, 2.24) is 10.0 Å². The van der Waals surface area contributed by atoms with Crippen molar-refractivity contribution in [3.05, 3.63) is 40.1 Å². The van der Waals surface area contributed by atoms with Gasteiger partial charge in [-0.3, -0.25) is 4.79 Å². The van der Waals surface area contributed by atoms with Gasteiger partial charge in [0.15, 0.2) is 0 Å². The van der Waals surface area contributed by atoms with Crippen molar-refractivity contribution in [1.29, 1.82) is 0 Å². The number of halogens is 1. The van der Waals surface area contributed by atoms with Gasteiger partial charge < -0.3 is 11.1 Å². The molecule has 1 aromatic rings. The number of benzene rings is 1. The molecule has 0 aliphatic heterocycles. The summed E-state index contributed by atoms with van der Waals surface area (Å²) in [6.07, 6.45) is 8.22. The topological polar surface area (TPSA) is 101 Å². The molecule has 0 saturated heterocycles. The summed E-state index contributed by atoms with van der Waals surface area (Å²) in [7, 11) is -3.75. The lowest BCUT2D eigenvalue weighted by Gasteiger charge is -2.53. The highest BCUT2D eigenvalue weighted by Crippen LogP contribution is 2.59. The van der Waals surface area contributed by atoms with E-state index in [0.717, 1.165) is 63.4 Å². The van der Waals surface area contributed by atoms with E-state index in [1.165, 1.54) is 11.3 Å². The van der Waals surface area contributed by atoms with Crippen LogP contribution in [0.25, 0.3) is 0 Å². The van der Waals surface area contributed by atoms with Crippen molar-refractivity contribution in [3.8, 4) is 0 Å². The first kappa shape index (κ1) is 22.2.